The Bertz CT molecular complexity index is 1380. The minimum Gasteiger partial charge on any atom is -0.493 e. The molecule has 5 rings (SSSR count). The van der Waals surface area contributed by atoms with E-state index in [9.17, 15) is 4.79 Å². The Kier molecular flexibility index (Phi) is 6.76. The summed E-state index contributed by atoms with van der Waals surface area (Å²) in [6.45, 7) is 0. The maximum absolute atomic E-state index is 13.5. The van der Waals surface area contributed by atoms with Crippen LogP contribution in [0, 0.1) is 5.92 Å². The van der Waals surface area contributed by atoms with Gasteiger partial charge in [0.15, 0.2) is 17.3 Å². The first kappa shape index (κ1) is 24.3. The van der Waals surface area contributed by atoms with Crippen molar-refractivity contribution in [3.05, 3.63) is 82.7 Å². The molecule has 2 aromatic carbocycles. The van der Waals surface area contributed by atoms with E-state index in [4.69, 9.17) is 20.9 Å². The third-order valence-electron chi connectivity index (χ3n) is 7.02. The Balaban J connectivity index is 1.45. The van der Waals surface area contributed by atoms with E-state index in [1.54, 1.807) is 24.5 Å². The number of fused-ring (bicyclic) bond motifs is 1. The molecule has 9 heteroatoms. The first-order valence-corrected chi connectivity index (χ1v) is 12.2. The standard InChI is InChI=1S/C28H30N6O3/c1-36-24-14-17(12-20-15-31-28(30)33-27(20)29)13-22(26(24)37-2)23(35)10-11-34-25(18-7-5-8-18)21-9-4-3-6-19(21)16-32-34/h3-4,6,9-11,13-16,18,25H,5,7-8,12H2,1-2H3,(H4,29,30,31,33)/b11-10+. The van der Waals surface area contributed by atoms with E-state index in [-0.39, 0.29) is 17.8 Å². The normalized spacial score (nSPS) is 16.9. The Morgan fingerprint density at radius 3 is 2.68 bits per heavy atom. The summed E-state index contributed by atoms with van der Waals surface area (Å²) in [6, 6.07) is 12.0. The molecule has 1 saturated carbocycles. The van der Waals surface area contributed by atoms with Crippen molar-refractivity contribution in [1.82, 2.24) is 15.0 Å². The number of hydrogen-bond donors (Lipinski definition) is 2. The average Bonchev–Trinajstić information content (AvgIpc) is 2.88. The number of benzene rings is 2. The number of methoxy groups -OCH3 is 2. The van der Waals surface area contributed by atoms with Gasteiger partial charge in [0, 0.05) is 30.5 Å². The second kappa shape index (κ2) is 10.3. The van der Waals surface area contributed by atoms with E-state index in [2.05, 4.69) is 33.3 Å². The molecule has 2 aliphatic rings. The van der Waals surface area contributed by atoms with Crippen molar-refractivity contribution in [2.45, 2.75) is 31.7 Å². The van der Waals surface area contributed by atoms with E-state index in [0.29, 0.717) is 40.8 Å². The molecule has 190 valence electrons. The second-order valence-electron chi connectivity index (χ2n) is 9.26. The number of allylic oxidation sites excluding steroid dienone is 1. The van der Waals surface area contributed by atoms with E-state index < -0.39 is 0 Å². The summed E-state index contributed by atoms with van der Waals surface area (Å²) in [6.07, 6.45) is 10.7. The zero-order valence-electron chi connectivity index (χ0n) is 20.9. The van der Waals surface area contributed by atoms with Gasteiger partial charge in [-0.1, -0.05) is 30.7 Å². The monoisotopic (exact) mass is 498 g/mol. The van der Waals surface area contributed by atoms with Crippen molar-refractivity contribution in [2.24, 2.45) is 11.0 Å². The molecular formula is C28H30N6O3. The fourth-order valence-electron chi connectivity index (χ4n) is 4.93. The van der Waals surface area contributed by atoms with E-state index in [0.717, 1.165) is 24.0 Å². The number of hydrogen-bond acceptors (Lipinski definition) is 9. The molecule has 1 aliphatic heterocycles. The summed E-state index contributed by atoms with van der Waals surface area (Å²) in [4.78, 5) is 21.5. The molecule has 4 N–H and O–H groups in total. The number of carbonyl (C=O) groups excluding carboxylic acids is 1. The van der Waals surface area contributed by atoms with Crippen molar-refractivity contribution >= 4 is 23.8 Å². The van der Waals surface area contributed by atoms with Crippen LogP contribution in [0.5, 0.6) is 11.5 Å². The van der Waals surface area contributed by atoms with Gasteiger partial charge in [-0.25, -0.2) is 4.98 Å². The van der Waals surface area contributed by atoms with Gasteiger partial charge in [0.2, 0.25) is 5.95 Å². The third kappa shape index (κ3) is 4.84. The van der Waals surface area contributed by atoms with Crippen LogP contribution in [0.2, 0.25) is 0 Å². The SMILES string of the molecule is COc1cc(Cc2cnc(N)nc2N)cc(C(=O)/C=C/N2N=Cc3ccccc3C2C2CCC2)c1OC. The van der Waals surface area contributed by atoms with Gasteiger partial charge in [0.05, 0.1) is 32.0 Å². The number of nitrogens with zero attached hydrogens (tertiary/aromatic N) is 4. The van der Waals surface area contributed by atoms with Gasteiger partial charge in [-0.05, 0) is 47.6 Å². The maximum Gasteiger partial charge on any atom is 0.221 e. The smallest absolute Gasteiger partial charge is 0.221 e. The van der Waals surface area contributed by atoms with Gasteiger partial charge in [0.25, 0.3) is 0 Å². The van der Waals surface area contributed by atoms with Crippen LogP contribution in [0.3, 0.4) is 0 Å². The van der Waals surface area contributed by atoms with Crippen LogP contribution in [0.25, 0.3) is 0 Å². The Morgan fingerprint density at radius 1 is 1.16 bits per heavy atom. The molecule has 0 spiro atoms. The Hall–Kier alpha value is -4.40. The van der Waals surface area contributed by atoms with Gasteiger partial charge in [-0.2, -0.15) is 10.1 Å². The molecule has 1 unspecified atom stereocenters. The van der Waals surface area contributed by atoms with Gasteiger partial charge in [0.1, 0.15) is 5.82 Å². The first-order valence-electron chi connectivity index (χ1n) is 12.2. The molecule has 2 heterocycles. The molecule has 0 saturated heterocycles. The molecular weight excluding hydrogens is 468 g/mol. The van der Waals surface area contributed by atoms with Crippen molar-refractivity contribution in [3.63, 3.8) is 0 Å². The lowest BCUT2D eigenvalue weighted by molar-refractivity contribution is 0.103. The molecule has 1 aromatic heterocycles. The number of nitrogens with two attached hydrogens (primary N) is 2. The van der Waals surface area contributed by atoms with Crippen LogP contribution in [-0.4, -0.2) is 41.2 Å². The number of hydrazone groups is 1. The van der Waals surface area contributed by atoms with E-state index in [1.165, 1.54) is 26.2 Å². The molecule has 0 bridgehead atoms. The second-order valence-corrected chi connectivity index (χ2v) is 9.26. The zero-order valence-corrected chi connectivity index (χ0v) is 20.9. The zero-order chi connectivity index (χ0) is 25.9. The number of ether oxygens (including phenoxy) is 2. The largest absolute Gasteiger partial charge is 0.493 e. The number of ketones is 1. The lowest BCUT2D eigenvalue weighted by Gasteiger charge is -2.40. The Labute approximate surface area is 215 Å². The molecule has 1 fully saturated rings. The summed E-state index contributed by atoms with van der Waals surface area (Å²) in [5.74, 6) is 1.50. The number of aromatic nitrogens is 2. The molecule has 1 aliphatic carbocycles. The van der Waals surface area contributed by atoms with Crippen molar-refractivity contribution < 1.29 is 14.3 Å². The maximum atomic E-state index is 13.5. The van der Waals surface area contributed by atoms with Crippen LogP contribution in [-0.2, 0) is 6.42 Å². The van der Waals surface area contributed by atoms with Crippen LogP contribution in [0.15, 0.2) is 60.0 Å². The van der Waals surface area contributed by atoms with Gasteiger partial charge in [-0.3, -0.25) is 9.80 Å². The van der Waals surface area contributed by atoms with Crippen LogP contribution >= 0.6 is 0 Å². The molecule has 0 amide bonds. The predicted octanol–water partition coefficient (Wildman–Crippen LogP) is 4.14. The highest BCUT2D eigenvalue weighted by atomic mass is 16.5. The van der Waals surface area contributed by atoms with Crippen LogP contribution in [0.1, 0.15) is 57.9 Å². The average molecular weight is 499 g/mol. The fourth-order valence-corrected chi connectivity index (χ4v) is 4.93. The topological polar surface area (TPSA) is 129 Å². The number of anilines is 2. The fraction of sp³-hybridized carbons (Fsp3) is 0.286. The summed E-state index contributed by atoms with van der Waals surface area (Å²) in [5.41, 5.74) is 15.9. The minimum absolute atomic E-state index is 0.107. The highest BCUT2D eigenvalue weighted by molar-refractivity contribution is 6.07. The van der Waals surface area contributed by atoms with Crippen molar-refractivity contribution in [3.8, 4) is 11.5 Å². The van der Waals surface area contributed by atoms with Crippen molar-refractivity contribution in [1.29, 1.82) is 0 Å². The summed E-state index contributed by atoms with van der Waals surface area (Å²) < 4.78 is 11.1. The first-order chi connectivity index (χ1) is 18.0. The lowest BCUT2D eigenvalue weighted by Crippen LogP contribution is -2.33. The predicted molar refractivity (Wildman–Crippen MR) is 143 cm³/mol. The minimum atomic E-state index is -0.222. The molecule has 1 atom stereocenters. The van der Waals surface area contributed by atoms with Gasteiger partial charge >= 0.3 is 0 Å². The number of nitrogen functional groups attached to an aromatic ring is 2. The summed E-state index contributed by atoms with van der Waals surface area (Å²) >= 11 is 0. The third-order valence-corrected chi connectivity index (χ3v) is 7.02. The molecule has 37 heavy (non-hydrogen) atoms. The number of rotatable bonds is 8. The lowest BCUT2D eigenvalue weighted by atomic mass is 9.75. The van der Waals surface area contributed by atoms with Crippen LogP contribution < -0.4 is 20.9 Å². The Morgan fingerprint density at radius 2 is 1.97 bits per heavy atom. The van der Waals surface area contributed by atoms with E-state index in [1.807, 2.05) is 23.4 Å². The van der Waals surface area contributed by atoms with E-state index >= 15 is 0 Å². The van der Waals surface area contributed by atoms with Gasteiger partial charge < -0.3 is 20.9 Å². The summed E-state index contributed by atoms with van der Waals surface area (Å²) in [5, 5.41) is 6.57. The highest BCUT2D eigenvalue weighted by Gasteiger charge is 2.35. The van der Waals surface area contributed by atoms with Crippen LogP contribution in [0.4, 0.5) is 11.8 Å². The van der Waals surface area contributed by atoms with Crippen molar-refractivity contribution in [2.75, 3.05) is 25.7 Å². The quantitative estimate of drug-likeness (QED) is 0.350. The molecule has 9 nitrogen and oxygen atoms in total. The summed E-state index contributed by atoms with van der Waals surface area (Å²) in [7, 11) is 3.05. The molecule has 3 aromatic rings. The molecule has 0 radical (unpaired) electrons. The highest BCUT2D eigenvalue weighted by Crippen LogP contribution is 2.44. The number of carbonyl (C=O) groups is 1. The van der Waals surface area contributed by atoms with Gasteiger partial charge in [-0.15, -0.1) is 0 Å².